The molecular formula is C12H10Cl6. The third kappa shape index (κ3) is 3.16. The van der Waals surface area contributed by atoms with Gasteiger partial charge < -0.3 is 0 Å². The van der Waals surface area contributed by atoms with Crippen LogP contribution in [0.5, 0.6) is 0 Å². The van der Waals surface area contributed by atoms with Crippen molar-refractivity contribution in [3.05, 3.63) is 35.9 Å². The summed E-state index contributed by atoms with van der Waals surface area (Å²) < 4.78 is -3.56. The van der Waals surface area contributed by atoms with Crippen molar-refractivity contribution in [3.8, 4) is 0 Å². The number of hydrogen-bond acceptors (Lipinski definition) is 0. The van der Waals surface area contributed by atoms with Gasteiger partial charge in [0.05, 0.1) is 5.92 Å². The Hall–Kier alpha value is 0.960. The van der Waals surface area contributed by atoms with E-state index in [0.29, 0.717) is 0 Å². The lowest BCUT2D eigenvalue weighted by molar-refractivity contribution is 0.379. The van der Waals surface area contributed by atoms with Gasteiger partial charge >= 0.3 is 0 Å². The van der Waals surface area contributed by atoms with E-state index in [-0.39, 0.29) is 12.8 Å². The maximum Gasteiger partial charge on any atom is 0.130 e. The molecule has 0 unspecified atom stereocenters. The van der Waals surface area contributed by atoms with Crippen LogP contribution < -0.4 is 0 Å². The van der Waals surface area contributed by atoms with Gasteiger partial charge in [0.2, 0.25) is 0 Å². The highest BCUT2D eigenvalue weighted by Crippen LogP contribution is 2.62. The van der Waals surface area contributed by atoms with Crippen LogP contribution in [0.4, 0.5) is 0 Å². The molecule has 0 heterocycles. The molecule has 0 N–H and O–H groups in total. The SMILES string of the molecule is ClC1(Cl)CC(Cl)(Cl)C(c2ccccc2)C(Cl)(Cl)C1. The van der Waals surface area contributed by atoms with Gasteiger partial charge in [-0.1, -0.05) is 30.3 Å². The first kappa shape index (κ1) is 15.4. The van der Waals surface area contributed by atoms with Crippen LogP contribution in [0.15, 0.2) is 30.3 Å². The summed E-state index contributed by atoms with van der Waals surface area (Å²) in [5.41, 5.74) is 0.872. The van der Waals surface area contributed by atoms with Crippen molar-refractivity contribution >= 4 is 69.6 Å². The second-order valence-electron chi connectivity index (χ2n) is 4.58. The number of benzene rings is 1. The summed E-state index contributed by atoms with van der Waals surface area (Å²) >= 11 is 37.7. The molecule has 0 nitrogen and oxygen atoms in total. The quantitative estimate of drug-likeness (QED) is 0.528. The second-order valence-corrected chi connectivity index (χ2v) is 9.30. The predicted molar refractivity (Wildman–Crippen MR) is 81.7 cm³/mol. The maximum absolute atomic E-state index is 6.37. The zero-order valence-corrected chi connectivity index (χ0v) is 13.7. The largest absolute Gasteiger partial charge is 0.130 e. The molecule has 6 heteroatoms. The Morgan fingerprint density at radius 2 is 1.22 bits per heavy atom. The van der Waals surface area contributed by atoms with Crippen molar-refractivity contribution in [1.29, 1.82) is 0 Å². The van der Waals surface area contributed by atoms with E-state index in [2.05, 4.69) is 0 Å². The fraction of sp³-hybridized carbons (Fsp3) is 0.500. The van der Waals surface area contributed by atoms with E-state index in [9.17, 15) is 0 Å². The van der Waals surface area contributed by atoms with Crippen molar-refractivity contribution < 1.29 is 0 Å². The monoisotopic (exact) mass is 364 g/mol. The molecule has 18 heavy (non-hydrogen) atoms. The van der Waals surface area contributed by atoms with Crippen LogP contribution in [0, 0.1) is 0 Å². The summed E-state index contributed by atoms with van der Waals surface area (Å²) in [4.78, 5) is 0. The maximum atomic E-state index is 6.37. The first-order valence-corrected chi connectivity index (χ1v) is 7.59. The molecule has 0 radical (unpaired) electrons. The zero-order valence-electron chi connectivity index (χ0n) is 9.15. The Kier molecular flexibility index (Phi) is 4.31. The first-order valence-electron chi connectivity index (χ1n) is 5.32. The van der Waals surface area contributed by atoms with Gasteiger partial charge in [-0.3, -0.25) is 0 Å². The molecule has 1 aromatic rings. The summed E-state index contributed by atoms with van der Waals surface area (Å²) in [6, 6.07) is 9.44. The van der Waals surface area contributed by atoms with Crippen molar-refractivity contribution in [2.45, 2.75) is 31.8 Å². The van der Waals surface area contributed by atoms with Crippen LogP contribution in [0.2, 0.25) is 0 Å². The molecule has 0 atom stereocenters. The highest BCUT2D eigenvalue weighted by atomic mass is 35.5. The highest BCUT2D eigenvalue weighted by Gasteiger charge is 2.59. The van der Waals surface area contributed by atoms with E-state index >= 15 is 0 Å². The highest BCUT2D eigenvalue weighted by molar-refractivity contribution is 6.57. The predicted octanol–water partition coefficient (Wildman–Crippen LogP) is 6.09. The summed E-state index contributed by atoms with van der Waals surface area (Å²) in [6.45, 7) is 0. The molecule has 1 saturated carbocycles. The summed E-state index contributed by atoms with van der Waals surface area (Å²) in [5, 5.41) is 0. The van der Waals surface area contributed by atoms with E-state index < -0.39 is 18.9 Å². The molecule has 2 rings (SSSR count). The summed E-state index contributed by atoms with van der Waals surface area (Å²) in [6.07, 6.45) is 0.403. The van der Waals surface area contributed by atoms with Crippen molar-refractivity contribution in [3.63, 3.8) is 0 Å². The van der Waals surface area contributed by atoms with Crippen LogP contribution in [-0.4, -0.2) is 13.0 Å². The molecular weight excluding hydrogens is 357 g/mol. The van der Waals surface area contributed by atoms with E-state index in [0.717, 1.165) is 5.56 Å². The Bertz CT molecular complexity index is 405. The second kappa shape index (κ2) is 5.06. The van der Waals surface area contributed by atoms with Gasteiger partial charge in [-0.2, -0.15) is 0 Å². The fourth-order valence-corrected chi connectivity index (χ4v) is 6.17. The molecule has 100 valence electrons. The van der Waals surface area contributed by atoms with Gasteiger partial charge in [0.25, 0.3) is 0 Å². The van der Waals surface area contributed by atoms with Crippen LogP contribution in [0.1, 0.15) is 24.3 Å². The van der Waals surface area contributed by atoms with Crippen molar-refractivity contribution in [1.82, 2.24) is 0 Å². The van der Waals surface area contributed by atoms with Crippen LogP contribution in [0.25, 0.3) is 0 Å². The lowest BCUT2D eigenvalue weighted by Crippen LogP contribution is -2.48. The normalized spacial score (nSPS) is 25.9. The average Bonchev–Trinajstić information content (AvgIpc) is 2.12. The van der Waals surface area contributed by atoms with Gasteiger partial charge in [-0.25, -0.2) is 0 Å². The topological polar surface area (TPSA) is 0 Å². The number of alkyl halides is 6. The molecule has 1 aromatic carbocycles. The Morgan fingerprint density at radius 1 is 0.778 bits per heavy atom. The van der Waals surface area contributed by atoms with Gasteiger partial charge in [0.1, 0.15) is 13.0 Å². The third-order valence-corrected chi connectivity index (χ3v) is 4.91. The minimum absolute atomic E-state index is 0.201. The van der Waals surface area contributed by atoms with Gasteiger partial charge in [-0.05, 0) is 5.56 Å². The minimum Gasteiger partial charge on any atom is -0.101 e. The lowest BCUT2D eigenvalue weighted by Gasteiger charge is -2.47. The molecule has 0 aliphatic heterocycles. The standard InChI is InChI=1S/C12H10Cl6/c13-10(14)6-11(15,16)9(12(17,18)7-10)8-4-2-1-3-5-8/h1-5,9H,6-7H2. The molecule has 0 aromatic heterocycles. The number of hydrogen-bond donors (Lipinski definition) is 0. The van der Waals surface area contributed by atoms with E-state index in [4.69, 9.17) is 69.6 Å². The fourth-order valence-electron chi connectivity index (χ4n) is 2.40. The van der Waals surface area contributed by atoms with Crippen LogP contribution in [-0.2, 0) is 0 Å². The Balaban J connectivity index is 2.45. The Labute approximate surface area is 136 Å². The lowest BCUT2D eigenvalue weighted by atomic mass is 9.81. The zero-order chi connectivity index (χ0) is 13.6. The van der Waals surface area contributed by atoms with Gasteiger partial charge in [0, 0.05) is 12.8 Å². The van der Waals surface area contributed by atoms with Gasteiger partial charge in [-0.15, -0.1) is 69.6 Å². The average molecular weight is 367 g/mol. The molecule has 1 aliphatic rings. The molecule has 1 aliphatic carbocycles. The molecule has 0 saturated heterocycles. The van der Waals surface area contributed by atoms with E-state index in [1.807, 2.05) is 30.3 Å². The van der Waals surface area contributed by atoms with Crippen molar-refractivity contribution in [2.75, 3.05) is 0 Å². The summed E-state index contributed by atoms with van der Waals surface area (Å²) in [5.74, 6) is -0.455. The van der Waals surface area contributed by atoms with E-state index in [1.165, 1.54) is 0 Å². The molecule has 0 amide bonds. The van der Waals surface area contributed by atoms with Crippen LogP contribution >= 0.6 is 69.6 Å². The van der Waals surface area contributed by atoms with Crippen LogP contribution in [0.3, 0.4) is 0 Å². The third-order valence-electron chi connectivity index (χ3n) is 2.97. The van der Waals surface area contributed by atoms with E-state index in [1.54, 1.807) is 0 Å². The minimum atomic E-state index is -1.22. The summed E-state index contributed by atoms with van der Waals surface area (Å²) in [7, 11) is 0. The Morgan fingerprint density at radius 3 is 1.67 bits per heavy atom. The smallest absolute Gasteiger partial charge is 0.101 e. The molecule has 0 spiro atoms. The first-order chi connectivity index (χ1) is 8.14. The number of halogens is 6. The van der Waals surface area contributed by atoms with Gasteiger partial charge in [0.15, 0.2) is 0 Å². The molecule has 0 bridgehead atoms. The van der Waals surface area contributed by atoms with Crippen molar-refractivity contribution in [2.24, 2.45) is 0 Å². The molecule has 1 fully saturated rings. The number of rotatable bonds is 1.